The molecule has 0 spiro atoms. The molecule has 26 heavy (non-hydrogen) atoms. The first-order valence-corrected chi connectivity index (χ1v) is 7.91. The van der Waals surface area contributed by atoms with E-state index in [0.717, 1.165) is 4.90 Å². The van der Waals surface area contributed by atoms with Gasteiger partial charge in [0.05, 0.1) is 32.8 Å². The van der Waals surface area contributed by atoms with Crippen LogP contribution in [0.3, 0.4) is 0 Å². The Hall–Kier alpha value is -2.95. The Morgan fingerprint density at radius 3 is 1.62 bits per heavy atom. The third-order valence-electron chi connectivity index (χ3n) is 3.57. The first-order valence-electron chi connectivity index (χ1n) is 7.15. The van der Waals surface area contributed by atoms with Gasteiger partial charge in [-0.2, -0.15) is 9.98 Å². The molecule has 2 N–H and O–H groups in total. The smallest absolute Gasteiger partial charge is 0.323 e. The van der Waals surface area contributed by atoms with Crippen LogP contribution in [0.4, 0.5) is 27.5 Å². The number of hydrogen-bond acceptors (Lipinski definition) is 5. The predicted octanol–water partition coefficient (Wildman–Crippen LogP) is 4.76. The number of nitrogens with two attached hydrogens (primary N) is 1. The van der Waals surface area contributed by atoms with E-state index in [1.54, 1.807) is 13.8 Å². The summed E-state index contributed by atoms with van der Waals surface area (Å²) in [6.45, 7) is 3.38. The lowest BCUT2D eigenvalue weighted by atomic mass is 10.1. The van der Waals surface area contributed by atoms with Gasteiger partial charge < -0.3 is 5.73 Å². The number of isocyanates is 2. The van der Waals surface area contributed by atoms with Crippen molar-refractivity contribution in [2.24, 2.45) is 15.7 Å². The van der Waals surface area contributed by atoms with Crippen molar-refractivity contribution in [1.82, 2.24) is 0 Å². The lowest BCUT2D eigenvalue weighted by Gasteiger charge is -2.24. The molecule has 0 unspecified atom stereocenters. The molecule has 0 aliphatic heterocycles. The van der Waals surface area contributed by atoms with E-state index in [9.17, 15) is 14.4 Å². The van der Waals surface area contributed by atoms with Crippen LogP contribution in [0.5, 0.6) is 0 Å². The van der Waals surface area contributed by atoms with Gasteiger partial charge in [-0.1, -0.05) is 23.2 Å². The Bertz CT molecular complexity index is 920. The first-order chi connectivity index (χ1) is 12.3. The highest BCUT2D eigenvalue weighted by Crippen LogP contribution is 2.41. The topological polar surface area (TPSA) is 105 Å². The molecule has 2 rings (SSSR count). The molecule has 0 bridgehead atoms. The van der Waals surface area contributed by atoms with Gasteiger partial charge in [0, 0.05) is 0 Å². The number of amides is 2. The number of carbonyl (C=O) groups is 1. The van der Waals surface area contributed by atoms with Crippen LogP contribution >= 0.6 is 23.2 Å². The average Bonchev–Trinajstić information content (AvgIpc) is 2.55. The number of nitrogens with zero attached hydrogens (tertiary/aromatic N) is 3. The van der Waals surface area contributed by atoms with Gasteiger partial charge in [0.1, 0.15) is 0 Å². The van der Waals surface area contributed by atoms with Crippen molar-refractivity contribution in [3.05, 3.63) is 45.4 Å². The van der Waals surface area contributed by atoms with Crippen LogP contribution < -0.4 is 10.6 Å². The monoisotopic (exact) mass is 390 g/mol. The van der Waals surface area contributed by atoms with Crippen LogP contribution in [0.25, 0.3) is 0 Å². The van der Waals surface area contributed by atoms with Crippen LogP contribution in [-0.2, 0) is 9.59 Å². The molecule has 0 radical (unpaired) electrons. The Kier molecular flexibility index (Phi) is 5.93. The van der Waals surface area contributed by atoms with Gasteiger partial charge in [0.2, 0.25) is 12.2 Å². The molecule has 0 saturated heterocycles. The molecule has 0 fully saturated rings. The van der Waals surface area contributed by atoms with Crippen molar-refractivity contribution in [3.8, 4) is 0 Å². The number of rotatable bonds is 4. The zero-order valence-electron chi connectivity index (χ0n) is 13.7. The van der Waals surface area contributed by atoms with Crippen molar-refractivity contribution in [2.45, 2.75) is 13.8 Å². The van der Waals surface area contributed by atoms with E-state index < -0.39 is 6.03 Å². The number of hydrogen-bond donors (Lipinski definition) is 1. The summed E-state index contributed by atoms with van der Waals surface area (Å²) < 4.78 is 0. The zero-order chi connectivity index (χ0) is 19.4. The fourth-order valence-electron chi connectivity index (χ4n) is 2.35. The van der Waals surface area contributed by atoms with Crippen molar-refractivity contribution in [3.63, 3.8) is 0 Å². The second-order valence-corrected chi connectivity index (χ2v) is 6.07. The van der Waals surface area contributed by atoms with E-state index in [-0.39, 0.29) is 32.8 Å². The normalized spacial score (nSPS) is 9.85. The lowest BCUT2D eigenvalue weighted by molar-refractivity contribution is 0.256. The summed E-state index contributed by atoms with van der Waals surface area (Å²) in [5, 5.41) is 0.367. The minimum Gasteiger partial charge on any atom is -0.351 e. The van der Waals surface area contributed by atoms with Crippen molar-refractivity contribution in [2.75, 3.05) is 4.90 Å². The fraction of sp³-hybridized carbons (Fsp3) is 0.118. The maximum absolute atomic E-state index is 12.1. The van der Waals surface area contributed by atoms with Gasteiger partial charge in [0.25, 0.3) is 0 Å². The minimum absolute atomic E-state index is 0.158. The van der Waals surface area contributed by atoms with Crippen LogP contribution in [0.2, 0.25) is 10.0 Å². The number of halogens is 2. The molecule has 0 aliphatic rings. The summed E-state index contributed by atoms with van der Waals surface area (Å²) in [4.78, 5) is 41.5. The Morgan fingerprint density at radius 1 is 0.923 bits per heavy atom. The van der Waals surface area contributed by atoms with Gasteiger partial charge >= 0.3 is 6.03 Å². The van der Waals surface area contributed by atoms with Crippen molar-refractivity contribution >= 4 is 64.1 Å². The number of urea groups is 1. The molecule has 132 valence electrons. The van der Waals surface area contributed by atoms with E-state index in [2.05, 4.69) is 9.98 Å². The molecule has 0 saturated carbocycles. The molecule has 7 nitrogen and oxygen atoms in total. The molecule has 0 aliphatic carbocycles. The SMILES string of the molecule is Cc1cc(Cl)c(N(C(N)=O)c2cc(N=C=O)c(C)cc2Cl)cc1N=C=O. The molecule has 0 atom stereocenters. The first kappa shape index (κ1) is 19.4. The van der Waals surface area contributed by atoms with Crippen molar-refractivity contribution < 1.29 is 14.4 Å². The summed E-state index contributed by atoms with van der Waals surface area (Å²) >= 11 is 12.5. The fourth-order valence-corrected chi connectivity index (χ4v) is 2.96. The number of anilines is 2. The highest BCUT2D eigenvalue weighted by molar-refractivity contribution is 6.36. The van der Waals surface area contributed by atoms with Crippen LogP contribution in [0, 0.1) is 13.8 Å². The summed E-state index contributed by atoms with van der Waals surface area (Å²) in [6.07, 6.45) is 2.87. The van der Waals surface area contributed by atoms with Gasteiger partial charge in [-0.3, -0.25) is 4.90 Å². The van der Waals surface area contributed by atoms with E-state index in [4.69, 9.17) is 28.9 Å². The summed E-state index contributed by atoms with van der Waals surface area (Å²) in [5.41, 5.74) is 7.57. The average molecular weight is 391 g/mol. The molecule has 2 amide bonds. The lowest BCUT2D eigenvalue weighted by Crippen LogP contribution is -2.32. The van der Waals surface area contributed by atoms with E-state index in [1.807, 2.05) is 0 Å². The highest BCUT2D eigenvalue weighted by Gasteiger charge is 2.23. The standard InChI is InChI=1S/C17H12Cl2N4O3/c1-9-3-11(18)15(5-13(9)21-7-24)23(17(20)26)16-6-14(22-8-25)10(2)4-12(16)19/h3-6H,1-2H3,(H2,20,26). The van der Waals surface area contributed by atoms with Crippen LogP contribution in [0.15, 0.2) is 34.3 Å². The number of benzene rings is 2. The molecule has 0 aromatic heterocycles. The summed E-state index contributed by atoms with van der Waals surface area (Å²) in [5.74, 6) is 0. The second kappa shape index (κ2) is 7.95. The van der Waals surface area contributed by atoms with Gasteiger partial charge in [-0.25, -0.2) is 14.4 Å². The molecule has 2 aromatic carbocycles. The van der Waals surface area contributed by atoms with Crippen molar-refractivity contribution in [1.29, 1.82) is 0 Å². The maximum atomic E-state index is 12.1. The van der Waals surface area contributed by atoms with Gasteiger partial charge in [0.15, 0.2) is 0 Å². The largest absolute Gasteiger partial charge is 0.351 e. The number of aryl methyl sites for hydroxylation is 2. The summed E-state index contributed by atoms with van der Waals surface area (Å²) in [7, 11) is 0. The quantitative estimate of drug-likeness (QED) is 0.600. The van der Waals surface area contributed by atoms with Crippen LogP contribution in [-0.4, -0.2) is 18.2 Å². The molecule has 9 heteroatoms. The summed E-state index contributed by atoms with van der Waals surface area (Å²) in [6, 6.07) is 4.98. The van der Waals surface area contributed by atoms with E-state index in [1.165, 1.54) is 36.4 Å². The Morgan fingerprint density at radius 2 is 1.31 bits per heavy atom. The van der Waals surface area contributed by atoms with E-state index in [0.29, 0.717) is 11.1 Å². The Labute approximate surface area is 158 Å². The molecular formula is C17H12Cl2N4O3. The third-order valence-corrected chi connectivity index (χ3v) is 4.17. The Balaban J connectivity index is 2.78. The van der Waals surface area contributed by atoms with Gasteiger partial charge in [-0.05, 0) is 49.2 Å². The zero-order valence-corrected chi connectivity index (χ0v) is 15.2. The third kappa shape index (κ3) is 3.82. The number of aliphatic imine (C=N–C) groups is 2. The minimum atomic E-state index is -0.886. The second-order valence-electron chi connectivity index (χ2n) is 5.26. The number of primary amides is 1. The maximum Gasteiger partial charge on any atom is 0.323 e. The number of carbonyl (C=O) groups excluding carboxylic acids is 3. The van der Waals surface area contributed by atoms with Crippen LogP contribution in [0.1, 0.15) is 11.1 Å². The van der Waals surface area contributed by atoms with Gasteiger partial charge in [-0.15, -0.1) is 0 Å². The highest BCUT2D eigenvalue weighted by atomic mass is 35.5. The molecule has 2 aromatic rings. The molecule has 0 heterocycles. The predicted molar refractivity (Wildman–Crippen MR) is 99.7 cm³/mol. The van der Waals surface area contributed by atoms with E-state index >= 15 is 0 Å². The molecular weight excluding hydrogens is 379 g/mol.